The van der Waals surface area contributed by atoms with E-state index in [1.807, 2.05) is 97.9 Å². The van der Waals surface area contributed by atoms with Crippen LogP contribution in [0.3, 0.4) is 0 Å². The topological polar surface area (TPSA) is 122 Å². The number of piperazine rings is 2. The van der Waals surface area contributed by atoms with E-state index < -0.39 is 6.10 Å². The van der Waals surface area contributed by atoms with Crippen molar-refractivity contribution in [3.63, 3.8) is 0 Å². The van der Waals surface area contributed by atoms with E-state index in [0.717, 1.165) is 46.7 Å². The van der Waals surface area contributed by atoms with Gasteiger partial charge in [-0.3, -0.25) is 14.6 Å². The first-order chi connectivity index (χ1) is 31.4. The van der Waals surface area contributed by atoms with Crippen LogP contribution in [0.5, 0.6) is 0 Å². The summed E-state index contributed by atoms with van der Waals surface area (Å²) in [4.78, 5) is 21.8. The number of ketones is 1. The Kier molecular flexibility index (Phi) is 15.8. The van der Waals surface area contributed by atoms with Crippen LogP contribution in [0.25, 0.3) is 0 Å². The molecule has 2 fully saturated rings. The van der Waals surface area contributed by atoms with Crippen LogP contribution in [0.2, 0.25) is 20.1 Å². The molecule has 0 aliphatic carbocycles. The third-order valence-corrected chi connectivity index (χ3v) is 12.8. The molecule has 9 nitrogen and oxygen atoms in total. The van der Waals surface area contributed by atoms with Gasteiger partial charge in [-0.15, -0.1) is 0 Å². The molecular formula is C52H45Cl4N7O2. The number of hydrogen-bond donors (Lipinski definition) is 1. The Morgan fingerprint density at radius 1 is 0.615 bits per heavy atom. The molecule has 1 N–H and O–H groups in total. The maximum atomic E-state index is 12.9. The van der Waals surface area contributed by atoms with E-state index >= 15 is 0 Å². The number of β-amino-alcohol motifs (C(OH)–C–C–N with tert-alkyl or cyclic N) is 1. The summed E-state index contributed by atoms with van der Waals surface area (Å²) in [5.41, 5.74) is 8.29. The highest BCUT2D eigenvalue weighted by molar-refractivity contribution is 6.36. The van der Waals surface area contributed by atoms with Gasteiger partial charge in [0, 0.05) is 66.4 Å². The lowest BCUT2D eigenvalue weighted by molar-refractivity contribution is 0.0914. The number of nitriles is 3. The van der Waals surface area contributed by atoms with Gasteiger partial charge in [-0.25, -0.2) is 0 Å². The predicted molar refractivity (Wildman–Crippen MR) is 260 cm³/mol. The van der Waals surface area contributed by atoms with E-state index in [0.29, 0.717) is 81.6 Å². The van der Waals surface area contributed by atoms with Gasteiger partial charge in [0.1, 0.15) is 6.07 Å². The fourth-order valence-electron chi connectivity index (χ4n) is 8.36. The van der Waals surface area contributed by atoms with Crippen LogP contribution in [-0.4, -0.2) is 73.0 Å². The minimum Gasteiger partial charge on any atom is -0.387 e. The van der Waals surface area contributed by atoms with Crippen molar-refractivity contribution in [2.75, 3.05) is 62.2 Å². The number of Topliss-reactive ketones (excluding diaryl/α,β-unsaturated/α-hetero) is 1. The first kappa shape index (κ1) is 47.1. The SMILES string of the molecule is Cc1ccc(N2CCN(CC(O)c3ccc(C#N)cc3)CC2c2ccc(Cl)cc2)c(C#N)c1.N#Cc1ccc(C(=O)CN2CCN(c3ccc(Cl)cc3Cl)C(c3ccc(Cl)cc3)C2)cc1. The zero-order chi connectivity index (χ0) is 46.0. The number of halogens is 4. The first-order valence-corrected chi connectivity index (χ1v) is 22.6. The average Bonchev–Trinajstić information content (AvgIpc) is 3.32. The Hall–Kier alpha value is -5.90. The Morgan fingerprint density at radius 2 is 1.12 bits per heavy atom. The van der Waals surface area contributed by atoms with Gasteiger partial charge in [0.25, 0.3) is 0 Å². The van der Waals surface area contributed by atoms with Crippen molar-refractivity contribution in [1.82, 2.24) is 9.80 Å². The summed E-state index contributed by atoms with van der Waals surface area (Å²) in [6.07, 6.45) is -0.649. The predicted octanol–water partition coefficient (Wildman–Crippen LogP) is 11.3. The molecule has 0 amide bonds. The van der Waals surface area contributed by atoms with Crippen molar-refractivity contribution in [3.8, 4) is 18.2 Å². The first-order valence-electron chi connectivity index (χ1n) is 21.1. The van der Waals surface area contributed by atoms with Gasteiger partial charge in [-0.2, -0.15) is 15.8 Å². The Balaban J connectivity index is 0.000000194. The highest BCUT2D eigenvalue weighted by Crippen LogP contribution is 2.38. The molecule has 3 unspecified atom stereocenters. The van der Waals surface area contributed by atoms with Crippen molar-refractivity contribution in [1.29, 1.82) is 15.8 Å². The Labute approximate surface area is 400 Å². The van der Waals surface area contributed by atoms with Crippen LogP contribution in [0.1, 0.15) is 67.5 Å². The Bertz CT molecular complexity index is 2730. The summed E-state index contributed by atoms with van der Waals surface area (Å²) in [6, 6.07) is 47.5. The zero-order valence-corrected chi connectivity index (χ0v) is 38.6. The number of anilines is 2. The molecule has 2 aliphatic rings. The number of aliphatic hydroxyl groups excluding tert-OH is 1. The number of rotatable bonds is 10. The van der Waals surface area contributed by atoms with Gasteiger partial charge in [-0.05, 0) is 108 Å². The lowest BCUT2D eigenvalue weighted by Gasteiger charge is -2.44. The molecule has 3 atom stereocenters. The normalized spacial score (nSPS) is 16.9. The maximum Gasteiger partial charge on any atom is 0.176 e. The van der Waals surface area contributed by atoms with E-state index in [1.165, 1.54) is 0 Å². The van der Waals surface area contributed by atoms with Crippen molar-refractivity contribution in [3.05, 3.63) is 198 Å². The molecule has 6 aromatic carbocycles. The molecule has 65 heavy (non-hydrogen) atoms. The summed E-state index contributed by atoms with van der Waals surface area (Å²) < 4.78 is 0. The van der Waals surface area contributed by atoms with E-state index in [1.54, 1.807) is 42.5 Å². The maximum absolute atomic E-state index is 12.9. The summed E-state index contributed by atoms with van der Waals surface area (Å²) in [5, 5.41) is 41.1. The van der Waals surface area contributed by atoms with E-state index in [-0.39, 0.29) is 17.9 Å². The van der Waals surface area contributed by atoms with E-state index in [2.05, 4.69) is 37.8 Å². The van der Waals surface area contributed by atoms with Crippen LogP contribution < -0.4 is 9.80 Å². The quantitative estimate of drug-likeness (QED) is 0.134. The fourth-order valence-corrected chi connectivity index (χ4v) is 9.13. The second kappa shape index (κ2) is 21.9. The molecule has 0 aromatic heterocycles. The summed E-state index contributed by atoms with van der Waals surface area (Å²) in [5.74, 6) is 0.0299. The second-order valence-electron chi connectivity index (χ2n) is 16.1. The molecule has 0 spiro atoms. The number of carbonyl (C=O) groups is 1. The third kappa shape index (κ3) is 11.9. The van der Waals surface area contributed by atoms with Crippen LogP contribution in [0, 0.1) is 40.9 Å². The number of benzene rings is 6. The van der Waals surface area contributed by atoms with E-state index in [4.69, 9.17) is 56.9 Å². The molecule has 8 rings (SSSR count). The largest absolute Gasteiger partial charge is 0.387 e. The minimum absolute atomic E-state index is 0.00606. The lowest BCUT2D eigenvalue weighted by atomic mass is 9.98. The van der Waals surface area contributed by atoms with Crippen LogP contribution in [-0.2, 0) is 0 Å². The summed E-state index contributed by atoms with van der Waals surface area (Å²) in [7, 11) is 0. The van der Waals surface area contributed by atoms with Crippen LogP contribution >= 0.6 is 46.4 Å². The van der Waals surface area contributed by atoms with Gasteiger partial charge in [-0.1, -0.05) is 101 Å². The number of hydrogen-bond acceptors (Lipinski definition) is 9. The summed E-state index contributed by atoms with van der Waals surface area (Å²) >= 11 is 24.9. The third-order valence-electron chi connectivity index (χ3n) is 11.8. The highest BCUT2D eigenvalue weighted by Gasteiger charge is 2.32. The molecule has 6 aromatic rings. The standard InChI is InChI=1S/C27H25ClN4O.C25H20Cl3N3O/c1-19-2-11-25(23(14-19)16-30)32-13-12-31(17-26(32)21-7-9-24(28)10-8-21)18-27(33)22-5-3-20(15-29)4-6-22;26-20-7-5-18(6-8-20)24-15-30(16-25(32)19-3-1-17(14-29)2-4-19)11-12-31(24)23-10-9-21(27)13-22(23)28/h2-11,14,26-27,33H,12-13,17-18H2,1H3;1-10,13,24H,11-12,15-16H2. The Morgan fingerprint density at radius 3 is 1.68 bits per heavy atom. The highest BCUT2D eigenvalue weighted by atomic mass is 35.5. The molecule has 0 bridgehead atoms. The number of aryl methyl sites for hydroxylation is 1. The van der Waals surface area contributed by atoms with Gasteiger partial charge in [0.15, 0.2) is 5.78 Å². The number of aliphatic hydroxyl groups is 1. The van der Waals surface area contributed by atoms with Gasteiger partial charge in [0.2, 0.25) is 0 Å². The molecular weight excluding hydrogens is 896 g/mol. The van der Waals surface area contributed by atoms with Crippen LogP contribution in [0.15, 0.2) is 133 Å². The molecule has 0 radical (unpaired) electrons. The van der Waals surface area contributed by atoms with E-state index in [9.17, 15) is 15.2 Å². The van der Waals surface area contributed by atoms with Crippen LogP contribution in [0.4, 0.5) is 11.4 Å². The van der Waals surface area contributed by atoms with Gasteiger partial charge in [0.05, 0.1) is 70.0 Å². The smallest absolute Gasteiger partial charge is 0.176 e. The minimum atomic E-state index is -0.649. The zero-order valence-electron chi connectivity index (χ0n) is 35.6. The van der Waals surface area contributed by atoms with Gasteiger partial charge >= 0.3 is 0 Å². The average molecular weight is 942 g/mol. The van der Waals surface area contributed by atoms with Gasteiger partial charge < -0.3 is 14.9 Å². The summed E-state index contributed by atoms with van der Waals surface area (Å²) in [6.45, 7) is 7.04. The molecule has 2 heterocycles. The number of nitrogens with zero attached hydrogens (tertiary/aromatic N) is 7. The molecule has 2 aliphatic heterocycles. The van der Waals surface area contributed by atoms with Crippen molar-refractivity contribution in [2.24, 2.45) is 0 Å². The number of carbonyl (C=O) groups excluding carboxylic acids is 1. The molecule has 328 valence electrons. The van der Waals surface area contributed by atoms with Crippen molar-refractivity contribution < 1.29 is 9.90 Å². The molecule has 0 saturated carbocycles. The lowest BCUT2D eigenvalue weighted by Crippen LogP contribution is -2.50. The van der Waals surface area contributed by atoms with Crippen molar-refractivity contribution in [2.45, 2.75) is 25.1 Å². The second-order valence-corrected chi connectivity index (χ2v) is 17.8. The van der Waals surface area contributed by atoms with Crippen molar-refractivity contribution >= 4 is 63.6 Å². The fraction of sp³-hybridized carbons (Fsp3) is 0.231. The molecule has 2 saturated heterocycles. The molecule has 13 heteroatoms. The monoisotopic (exact) mass is 939 g/mol.